The number of benzene rings is 2. The third kappa shape index (κ3) is 10.4. The van der Waals surface area contributed by atoms with Gasteiger partial charge in [0.25, 0.3) is 0 Å². The molecule has 0 amide bonds. The van der Waals surface area contributed by atoms with Crippen molar-refractivity contribution in [2.75, 3.05) is 5.33 Å². The lowest BCUT2D eigenvalue weighted by Crippen LogP contribution is -2.00. The van der Waals surface area contributed by atoms with E-state index in [1.165, 1.54) is 0 Å². The van der Waals surface area contributed by atoms with Crippen LogP contribution in [0.1, 0.15) is 30.9 Å². The minimum Gasteiger partial charge on any atom is -0.300 e. The maximum atomic E-state index is 11.0. The van der Waals surface area contributed by atoms with Crippen molar-refractivity contribution in [2.45, 2.75) is 32.6 Å². The average Bonchev–Trinajstić information content (AvgIpc) is 2.61. The summed E-state index contributed by atoms with van der Waals surface area (Å²) in [4.78, 5) is 21.6. The molecule has 0 saturated carbocycles. The third-order valence-corrected chi connectivity index (χ3v) is 4.56. The van der Waals surface area contributed by atoms with Crippen LogP contribution in [0.5, 0.6) is 0 Å². The van der Waals surface area contributed by atoms with Crippen LogP contribution in [-0.2, 0) is 22.4 Å². The molecule has 0 N–H and O–H groups in total. The van der Waals surface area contributed by atoms with Crippen molar-refractivity contribution in [1.82, 2.24) is 0 Å². The SMILES string of the molecule is CC(=O)CCc1ccc(Cl)cc1.O=C(CBr)CCc1ccc(Cl)cc1. The zero-order chi connectivity index (χ0) is 18.7. The van der Waals surface area contributed by atoms with Gasteiger partial charge in [0.1, 0.15) is 11.6 Å². The lowest BCUT2D eigenvalue weighted by Gasteiger charge is -1.99. The van der Waals surface area contributed by atoms with Crippen LogP contribution in [0.25, 0.3) is 0 Å². The molecule has 5 heteroatoms. The van der Waals surface area contributed by atoms with Crippen LogP contribution in [-0.4, -0.2) is 16.9 Å². The van der Waals surface area contributed by atoms with Crippen molar-refractivity contribution in [3.63, 3.8) is 0 Å². The van der Waals surface area contributed by atoms with Crippen LogP contribution < -0.4 is 0 Å². The molecule has 2 nitrogen and oxygen atoms in total. The molecule has 0 bridgehead atoms. The van der Waals surface area contributed by atoms with Crippen LogP contribution in [0.2, 0.25) is 10.0 Å². The van der Waals surface area contributed by atoms with Crippen LogP contribution >= 0.6 is 39.1 Å². The molecule has 0 fully saturated rings. The maximum Gasteiger partial charge on any atom is 0.143 e. The smallest absolute Gasteiger partial charge is 0.143 e. The van der Waals surface area contributed by atoms with Gasteiger partial charge in [-0.3, -0.25) is 4.79 Å². The van der Waals surface area contributed by atoms with Gasteiger partial charge in [0.15, 0.2) is 0 Å². The lowest BCUT2D eigenvalue weighted by atomic mass is 10.1. The fourth-order valence-electron chi connectivity index (χ4n) is 1.97. The Labute approximate surface area is 167 Å². The van der Waals surface area contributed by atoms with Crippen molar-refractivity contribution in [1.29, 1.82) is 0 Å². The van der Waals surface area contributed by atoms with E-state index < -0.39 is 0 Å². The van der Waals surface area contributed by atoms with E-state index in [0.29, 0.717) is 18.2 Å². The summed E-state index contributed by atoms with van der Waals surface area (Å²) in [7, 11) is 0. The maximum absolute atomic E-state index is 11.0. The molecule has 2 rings (SSSR count). The summed E-state index contributed by atoms with van der Waals surface area (Å²) in [5.41, 5.74) is 2.31. The Kier molecular flexibility index (Phi) is 10.7. The minimum atomic E-state index is 0.227. The predicted octanol–water partition coefficient (Wildman–Crippen LogP) is 6.10. The van der Waals surface area contributed by atoms with Gasteiger partial charge in [-0.25, -0.2) is 0 Å². The Morgan fingerprint density at radius 2 is 1.20 bits per heavy atom. The largest absolute Gasteiger partial charge is 0.300 e. The molecule has 2 aromatic rings. The highest BCUT2D eigenvalue weighted by molar-refractivity contribution is 9.09. The van der Waals surface area contributed by atoms with E-state index in [0.717, 1.165) is 34.0 Å². The quantitative estimate of drug-likeness (QED) is 0.484. The topological polar surface area (TPSA) is 34.1 Å². The highest BCUT2D eigenvalue weighted by Crippen LogP contribution is 2.12. The summed E-state index contributed by atoms with van der Waals surface area (Å²) in [5.74, 6) is 0.458. The first-order valence-electron chi connectivity index (χ1n) is 7.96. The van der Waals surface area contributed by atoms with Gasteiger partial charge in [0.05, 0.1) is 5.33 Å². The molecule has 0 unspecified atom stereocenters. The number of hydrogen-bond acceptors (Lipinski definition) is 2. The van der Waals surface area contributed by atoms with Gasteiger partial charge in [0, 0.05) is 22.9 Å². The molecular formula is C20H21BrCl2O2. The molecule has 2 aromatic carbocycles. The molecular weight excluding hydrogens is 423 g/mol. The average molecular weight is 444 g/mol. The zero-order valence-electron chi connectivity index (χ0n) is 14.1. The number of aryl methyl sites for hydroxylation is 2. The predicted molar refractivity (Wildman–Crippen MR) is 109 cm³/mol. The lowest BCUT2D eigenvalue weighted by molar-refractivity contribution is -0.117. The summed E-state index contributed by atoms with van der Waals surface area (Å²) >= 11 is 14.6. The van der Waals surface area contributed by atoms with Crippen LogP contribution in [0.4, 0.5) is 0 Å². The van der Waals surface area contributed by atoms with Gasteiger partial charge in [-0.15, -0.1) is 0 Å². The Morgan fingerprint density at radius 3 is 1.56 bits per heavy atom. The fraction of sp³-hybridized carbons (Fsp3) is 0.300. The first kappa shape index (κ1) is 21.9. The number of alkyl halides is 1. The fourth-order valence-corrected chi connectivity index (χ4v) is 2.51. The Hall–Kier alpha value is -1.16. The van der Waals surface area contributed by atoms with E-state index in [-0.39, 0.29) is 11.6 Å². The molecule has 0 aliphatic carbocycles. The van der Waals surface area contributed by atoms with Gasteiger partial charge in [-0.1, -0.05) is 63.4 Å². The number of carbonyl (C=O) groups is 2. The highest BCUT2D eigenvalue weighted by atomic mass is 79.9. The molecule has 0 radical (unpaired) electrons. The van der Waals surface area contributed by atoms with E-state index in [1.807, 2.05) is 48.5 Å². The normalized spacial score (nSPS) is 9.92. The molecule has 0 spiro atoms. The monoisotopic (exact) mass is 442 g/mol. The van der Waals surface area contributed by atoms with Crippen molar-refractivity contribution >= 4 is 50.7 Å². The van der Waals surface area contributed by atoms with E-state index in [2.05, 4.69) is 15.9 Å². The summed E-state index contributed by atoms with van der Waals surface area (Å²) in [6.07, 6.45) is 2.81. The second kappa shape index (κ2) is 12.2. The minimum absolute atomic E-state index is 0.227. The first-order chi connectivity index (χ1) is 11.9. The van der Waals surface area contributed by atoms with Crippen molar-refractivity contribution in [2.24, 2.45) is 0 Å². The summed E-state index contributed by atoms with van der Waals surface area (Å²) < 4.78 is 0. The number of hydrogen-bond donors (Lipinski definition) is 0. The molecule has 25 heavy (non-hydrogen) atoms. The van der Waals surface area contributed by atoms with Gasteiger partial charge >= 0.3 is 0 Å². The van der Waals surface area contributed by atoms with Crippen molar-refractivity contribution in [3.8, 4) is 0 Å². The van der Waals surface area contributed by atoms with E-state index >= 15 is 0 Å². The zero-order valence-corrected chi connectivity index (χ0v) is 17.2. The van der Waals surface area contributed by atoms with Crippen molar-refractivity contribution in [3.05, 3.63) is 69.7 Å². The van der Waals surface area contributed by atoms with E-state index in [9.17, 15) is 9.59 Å². The van der Waals surface area contributed by atoms with Gasteiger partial charge in [-0.05, 0) is 55.2 Å². The molecule has 0 aliphatic rings. The van der Waals surface area contributed by atoms with Gasteiger partial charge in [-0.2, -0.15) is 0 Å². The number of Topliss-reactive ketones (excluding diaryl/α,β-unsaturated/α-hetero) is 2. The Morgan fingerprint density at radius 1 is 0.800 bits per heavy atom. The van der Waals surface area contributed by atoms with Gasteiger partial charge < -0.3 is 4.79 Å². The summed E-state index contributed by atoms with van der Waals surface area (Å²) in [6, 6.07) is 15.2. The third-order valence-electron chi connectivity index (χ3n) is 3.43. The number of halogens is 3. The van der Waals surface area contributed by atoms with Crippen LogP contribution in [0.15, 0.2) is 48.5 Å². The number of ketones is 2. The van der Waals surface area contributed by atoms with E-state index in [1.54, 1.807) is 6.92 Å². The Balaban J connectivity index is 0.000000251. The molecule has 0 atom stereocenters. The highest BCUT2D eigenvalue weighted by Gasteiger charge is 2.00. The van der Waals surface area contributed by atoms with Crippen LogP contribution in [0.3, 0.4) is 0 Å². The second-order valence-electron chi connectivity index (χ2n) is 5.63. The Bertz CT molecular complexity index is 667. The number of carbonyl (C=O) groups excluding carboxylic acids is 2. The second-order valence-corrected chi connectivity index (χ2v) is 7.06. The summed E-state index contributed by atoms with van der Waals surface area (Å²) in [6.45, 7) is 1.61. The molecule has 0 aliphatic heterocycles. The van der Waals surface area contributed by atoms with Gasteiger partial charge in [0.2, 0.25) is 0 Å². The molecule has 0 saturated heterocycles. The van der Waals surface area contributed by atoms with Crippen LogP contribution in [0, 0.1) is 0 Å². The molecule has 134 valence electrons. The standard InChI is InChI=1S/C10H10BrClO.C10H11ClO/c11-7-10(13)6-3-8-1-4-9(12)5-2-8;1-8(12)2-3-9-4-6-10(11)7-5-9/h1-2,4-5H,3,6-7H2;4-7H,2-3H2,1H3. The molecule has 0 heterocycles. The van der Waals surface area contributed by atoms with E-state index in [4.69, 9.17) is 23.2 Å². The van der Waals surface area contributed by atoms with Crippen molar-refractivity contribution < 1.29 is 9.59 Å². The first-order valence-corrected chi connectivity index (χ1v) is 9.84. The molecule has 0 aromatic heterocycles. The summed E-state index contributed by atoms with van der Waals surface area (Å²) in [5, 5.41) is 1.91. The number of rotatable bonds is 7.